The van der Waals surface area contributed by atoms with Crippen molar-refractivity contribution in [3.8, 4) is 10.6 Å². The van der Waals surface area contributed by atoms with E-state index in [1.54, 1.807) is 11.3 Å². The highest BCUT2D eigenvalue weighted by Gasteiger charge is 2.11. The summed E-state index contributed by atoms with van der Waals surface area (Å²) in [6, 6.07) is 8.30. The van der Waals surface area contributed by atoms with Gasteiger partial charge < -0.3 is 4.98 Å². The van der Waals surface area contributed by atoms with Crippen molar-refractivity contribution in [1.29, 1.82) is 0 Å². The monoisotopic (exact) mass is 260 g/mol. The standard InChI is InChI=1S/C13H12N2S2/c1-8-12(7-16)17-13(15-8)10-6-14-11-5-3-2-4-9(10)11/h2-6,14,16H,7H2,1H3. The van der Waals surface area contributed by atoms with Crippen LogP contribution >= 0.6 is 24.0 Å². The maximum absolute atomic E-state index is 4.62. The smallest absolute Gasteiger partial charge is 0.126 e. The molecule has 0 atom stereocenters. The van der Waals surface area contributed by atoms with Crippen molar-refractivity contribution in [3.05, 3.63) is 41.0 Å². The number of nitrogens with one attached hydrogen (secondary N) is 1. The number of nitrogens with zero attached hydrogens (tertiary/aromatic N) is 1. The lowest BCUT2D eigenvalue weighted by atomic mass is 10.2. The molecule has 0 aliphatic heterocycles. The highest BCUT2D eigenvalue weighted by Crippen LogP contribution is 2.33. The van der Waals surface area contributed by atoms with Crippen LogP contribution in [-0.2, 0) is 5.75 Å². The molecule has 0 saturated heterocycles. The Morgan fingerprint density at radius 1 is 1.35 bits per heavy atom. The molecule has 3 aromatic rings. The predicted octanol–water partition coefficient (Wildman–Crippen LogP) is 4.03. The van der Waals surface area contributed by atoms with Crippen molar-refractivity contribution in [2.45, 2.75) is 12.7 Å². The number of rotatable bonds is 2. The minimum atomic E-state index is 0.756. The van der Waals surface area contributed by atoms with E-state index < -0.39 is 0 Å². The van der Waals surface area contributed by atoms with Gasteiger partial charge in [0, 0.05) is 33.3 Å². The Morgan fingerprint density at radius 3 is 2.94 bits per heavy atom. The molecule has 2 heterocycles. The molecule has 0 fully saturated rings. The van der Waals surface area contributed by atoms with Gasteiger partial charge in [0.25, 0.3) is 0 Å². The van der Waals surface area contributed by atoms with Gasteiger partial charge in [0.05, 0.1) is 5.69 Å². The Morgan fingerprint density at radius 2 is 2.18 bits per heavy atom. The second-order valence-electron chi connectivity index (χ2n) is 3.93. The van der Waals surface area contributed by atoms with Crippen LogP contribution in [0.15, 0.2) is 30.5 Å². The van der Waals surface area contributed by atoms with Gasteiger partial charge in [-0.05, 0) is 13.0 Å². The van der Waals surface area contributed by atoms with Crippen LogP contribution in [-0.4, -0.2) is 9.97 Å². The molecule has 2 nitrogen and oxygen atoms in total. The maximum Gasteiger partial charge on any atom is 0.126 e. The summed E-state index contributed by atoms with van der Waals surface area (Å²) in [6.45, 7) is 2.04. The predicted molar refractivity (Wildman–Crippen MR) is 76.8 cm³/mol. The summed E-state index contributed by atoms with van der Waals surface area (Å²) < 4.78 is 0. The number of aromatic amines is 1. The molecule has 0 bridgehead atoms. The number of aromatic nitrogens is 2. The Hall–Kier alpha value is -1.26. The van der Waals surface area contributed by atoms with E-state index in [0.29, 0.717) is 0 Å². The van der Waals surface area contributed by atoms with Gasteiger partial charge in [0.1, 0.15) is 5.01 Å². The SMILES string of the molecule is Cc1nc(-c2c[nH]c3ccccc23)sc1CS. The average Bonchev–Trinajstić information content (AvgIpc) is 2.92. The van der Waals surface area contributed by atoms with Crippen LogP contribution < -0.4 is 0 Å². The third-order valence-corrected chi connectivity index (χ3v) is 4.58. The summed E-state index contributed by atoms with van der Waals surface area (Å²) in [7, 11) is 0. The van der Waals surface area contributed by atoms with Crippen LogP contribution in [0.4, 0.5) is 0 Å². The molecule has 3 rings (SSSR count). The van der Waals surface area contributed by atoms with E-state index in [-0.39, 0.29) is 0 Å². The first kappa shape index (κ1) is 10.9. The Bertz CT molecular complexity index is 667. The van der Waals surface area contributed by atoms with Crippen molar-refractivity contribution in [1.82, 2.24) is 9.97 Å². The van der Waals surface area contributed by atoms with Crippen LogP contribution in [0.5, 0.6) is 0 Å². The second kappa shape index (κ2) is 4.20. The molecule has 0 aliphatic carbocycles. The number of H-pyrrole nitrogens is 1. The summed E-state index contributed by atoms with van der Waals surface area (Å²) in [4.78, 5) is 9.15. The molecular formula is C13H12N2S2. The van der Waals surface area contributed by atoms with Gasteiger partial charge in [-0.2, -0.15) is 12.6 Å². The van der Waals surface area contributed by atoms with Gasteiger partial charge in [0.2, 0.25) is 0 Å². The number of fused-ring (bicyclic) bond motifs is 1. The normalized spacial score (nSPS) is 11.2. The Labute approximate surface area is 109 Å². The molecule has 0 radical (unpaired) electrons. The lowest BCUT2D eigenvalue weighted by molar-refractivity contribution is 1.22. The minimum absolute atomic E-state index is 0.756. The van der Waals surface area contributed by atoms with Gasteiger partial charge >= 0.3 is 0 Å². The van der Waals surface area contributed by atoms with Crippen molar-refractivity contribution >= 4 is 34.9 Å². The van der Waals surface area contributed by atoms with Crippen LogP contribution in [0.25, 0.3) is 21.5 Å². The van der Waals surface area contributed by atoms with E-state index in [4.69, 9.17) is 0 Å². The topological polar surface area (TPSA) is 28.7 Å². The number of para-hydroxylation sites is 1. The number of benzene rings is 1. The molecular weight excluding hydrogens is 248 g/mol. The minimum Gasteiger partial charge on any atom is -0.360 e. The van der Waals surface area contributed by atoms with E-state index in [0.717, 1.165) is 22.0 Å². The summed E-state index contributed by atoms with van der Waals surface area (Å²) >= 11 is 6.05. The van der Waals surface area contributed by atoms with Crippen LogP contribution in [0.1, 0.15) is 10.6 Å². The first-order valence-electron chi connectivity index (χ1n) is 5.43. The molecule has 17 heavy (non-hydrogen) atoms. The van der Waals surface area contributed by atoms with Gasteiger partial charge in [-0.3, -0.25) is 0 Å². The largest absolute Gasteiger partial charge is 0.360 e. The summed E-state index contributed by atoms with van der Waals surface area (Å²) in [6.07, 6.45) is 2.03. The van der Waals surface area contributed by atoms with Crippen molar-refractivity contribution in [2.24, 2.45) is 0 Å². The van der Waals surface area contributed by atoms with Crippen molar-refractivity contribution in [3.63, 3.8) is 0 Å². The highest BCUT2D eigenvalue weighted by atomic mass is 32.1. The lowest BCUT2D eigenvalue weighted by Gasteiger charge is -1.92. The van der Waals surface area contributed by atoms with E-state index in [9.17, 15) is 0 Å². The molecule has 4 heteroatoms. The van der Waals surface area contributed by atoms with E-state index in [1.165, 1.54) is 15.8 Å². The fourth-order valence-electron chi connectivity index (χ4n) is 1.94. The third kappa shape index (κ3) is 1.77. The molecule has 0 aliphatic rings. The first-order chi connectivity index (χ1) is 8.29. The quantitative estimate of drug-likeness (QED) is 0.669. The molecule has 86 valence electrons. The third-order valence-electron chi connectivity index (χ3n) is 2.86. The molecule has 0 saturated carbocycles. The fraction of sp³-hybridized carbons (Fsp3) is 0.154. The zero-order valence-corrected chi connectivity index (χ0v) is 11.1. The maximum atomic E-state index is 4.62. The van der Waals surface area contributed by atoms with Crippen LogP contribution in [0, 0.1) is 6.92 Å². The zero-order chi connectivity index (χ0) is 11.8. The molecule has 0 unspecified atom stereocenters. The number of thiol groups is 1. The van der Waals surface area contributed by atoms with Crippen molar-refractivity contribution < 1.29 is 0 Å². The number of thiazole rings is 1. The fourth-order valence-corrected chi connectivity index (χ4v) is 3.31. The number of hydrogen-bond donors (Lipinski definition) is 2. The van der Waals surface area contributed by atoms with E-state index in [1.807, 2.05) is 19.2 Å². The molecule has 2 aromatic heterocycles. The summed E-state index contributed by atoms with van der Waals surface area (Å²) in [5.41, 5.74) is 3.43. The van der Waals surface area contributed by atoms with E-state index in [2.05, 4.69) is 40.8 Å². The molecule has 1 aromatic carbocycles. The van der Waals surface area contributed by atoms with E-state index >= 15 is 0 Å². The number of hydrogen-bond acceptors (Lipinski definition) is 3. The van der Waals surface area contributed by atoms with Crippen LogP contribution in [0.2, 0.25) is 0 Å². The average molecular weight is 260 g/mol. The molecule has 0 spiro atoms. The van der Waals surface area contributed by atoms with Crippen LogP contribution in [0.3, 0.4) is 0 Å². The summed E-state index contributed by atoms with van der Waals surface area (Å²) in [5, 5.41) is 2.30. The Kier molecular flexibility index (Phi) is 2.68. The van der Waals surface area contributed by atoms with Gasteiger partial charge in [0.15, 0.2) is 0 Å². The van der Waals surface area contributed by atoms with Gasteiger partial charge in [-0.1, -0.05) is 18.2 Å². The molecule has 1 N–H and O–H groups in total. The second-order valence-corrected chi connectivity index (χ2v) is 5.33. The van der Waals surface area contributed by atoms with Gasteiger partial charge in [-0.15, -0.1) is 11.3 Å². The molecule has 0 amide bonds. The first-order valence-corrected chi connectivity index (χ1v) is 6.88. The van der Waals surface area contributed by atoms with Crippen molar-refractivity contribution in [2.75, 3.05) is 0 Å². The number of aryl methyl sites for hydroxylation is 1. The highest BCUT2D eigenvalue weighted by molar-refractivity contribution is 7.79. The Balaban J connectivity index is 2.20. The summed E-state index contributed by atoms with van der Waals surface area (Å²) in [5.74, 6) is 0.756. The zero-order valence-electron chi connectivity index (χ0n) is 9.40. The van der Waals surface area contributed by atoms with Gasteiger partial charge in [-0.25, -0.2) is 4.98 Å². The lowest BCUT2D eigenvalue weighted by Crippen LogP contribution is -1.77.